The van der Waals surface area contributed by atoms with E-state index in [1.807, 2.05) is 61.5 Å². The summed E-state index contributed by atoms with van der Waals surface area (Å²) >= 11 is 1.27. The number of aromatic nitrogens is 5. The molecule has 0 saturated carbocycles. The number of carbonyl (C=O) groups excluding carboxylic acids is 1. The number of tetrazole rings is 1. The number of fused-ring (bicyclic) bond motifs is 1. The Morgan fingerprint density at radius 3 is 2.86 bits per heavy atom. The van der Waals surface area contributed by atoms with Gasteiger partial charge in [-0.05, 0) is 53.7 Å². The van der Waals surface area contributed by atoms with E-state index in [-0.39, 0.29) is 5.91 Å². The Labute approximate surface area is 171 Å². The van der Waals surface area contributed by atoms with Crippen molar-refractivity contribution in [3.8, 4) is 11.4 Å². The fourth-order valence-corrected chi connectivity index (χ4v) is 3.67. The lowest BCUT2D eigenvalue weighted by Crippen LogP contribution is -2.23. The first kappa shape index (κ1) is 18.9. The van der Waals surface area contributed by atoms with Crippen molar-refractivity contribution < 1.29 is 9.53 Å². The molecule has 4 aromatic rings. The molecule has 0 aliphatic carbocycles. The maximum absolute atomic E-state index is 12.8. The minimum Gasteiger partial charge on any atom is -0.494 e. The molecule has 1 unspecified atom stereocenters. The Kier molecular flexibility index (Phi) is 5.39. The lowest BCUT2D eigenvalue weighted by molar-refractivity contribution is -0.115. The molecule has 0 spiro atoms. The minimum absolute atomic E-state index is 0.152. The van der Waals surface area contributed by atoms with Crippen molar-refractivity contribution in [3.05, 3.63) is 60.8 Å². The summed E-state index contributed by atoms with van der Waals surface area (Å²) in [6, 6.07) is 16.8. The summed E-state index contributed by atoms with van der Waals surface area (Å²) in [6.07, 6.45) is 1.73. The Morgan fingerprint density at radius 2 is 2.00 bits per heavy atom. The Hall–Kier alpha value is -3.46. The van der Waals surface area contributed by atoms with Crippen LogP contribution in [-0.2, 0) is 4.79 Å². The van der Waals surface area contributed by atoms with Crippen molar-refractivity contribution in [2.45, 2.75) is 17.3 Å². The van der Waals surface area contributed by atoms with Gasteiger partial charge >= 0.3 is 0 Å². The number of nitrogens with zero attached hydrogens (tertiary/aromatic N) is 5. The third-order valence-corrected chi connectivity index (χ3v) is 5.34. The standard InChI is InChI=1S/C20H18N6O2S/c1-13(19(27)22-16-9-5-8-15-14(16)7-6-12-21-15)29-20-23-24-25-26(20)17-10-3-4-11-18(17)28-2/h3-13H,1-2H3,(H,22,27). The van der Waals surface area contributed by atoms with Gasteiger partial charge in [0.05, 0.1) is 23.6 Å². The van der Waals surface area contributed by atoms with Gasteiger partial charge in [-0.25, -0.2) is 0 Å². The molecule has 8 nitrogen and oxygen atoms in total. The van der Waals surface area contributed by atoms with Crippen LogP contribution in [0.5, 0.6) is 5.75 Å². The molecule has 1 atom stereocenters. The fourth-order valence-electron chi connectivity index (χ4n) is 2.87. The summed E-state index contributed by atoms with van der Waals surface area (Å²) in [6.45, 7) is 1.81. The third kappa shape index (κ3) is 3.90. The zero-order chi connectivity index (χ0) is 20.2. The quantitative estimate of drug-likeness (QED) is 0.491. The van der Waals surface area contributed by atoms with Crippen molar-refractivity contribution in [1.82, 2.24) is 25.2 Å². The van der Waals surface area contributed by atoms with Crippen LogP contribution < -0.4 is 10.1 Å². The van der Waals surface area contributed by atoms with Crippen LogP contribution in [0.2, 0.25) is 0 Å². The van der Waals surface area contributed by atoms with Crippen LogP contribution >= 0.6 is 11.8 Å². The molecular weight excluding hydrogens is 388 g/mol. The van der Waals surface area contributed by atoms with E-state index in [0.717, 1.165) is 16.6 Å². The Morgan fingerprint density at radius 1 is 1.14 bits per heavy atom. The van der Waals surface area contributed by atoms with Gasteiger partial charge in [-0.2, -0.15) is 4.68 Å². The second-order valence-corrected chi connectivity index (χ2v) is 7.48. The second-order valence-electron chi connectivity index (χ2n) is 6.17. The van der Waals surface area contributed by atoms with Crippen LogP contribution in [0.15, 0.2) is 66.0 Å². The van der Waals surface area contributed by atoms with E-state index in [9.17, 15) is 4.79 Å². The molecule has 2 aromatic carbocycles. The van der Waals surface area contributed by atoms with Crippen LogP contribution in [0.25, 0.3) is 16.6 Å². The van der Waals surface area contributed by atoms with E-state index in [2.05, 4.69) is 25.8 Å². The molecule has 0 fully saturated rings. The van der Waals surface area contributed by atoms with Gasteiger partial charge < -0.3 is 10.1 Å². The van der Waals surface area contributed by atoms with E-state index < -0.39 is 5.25 Å². The van der Waals surface area contributed by atoms with Crippen LogP contribution in [0.3, 0.4) is 0 Å². The van der Waals surface area contributed by atoms with Gasteiger partial charge in [-0.3, -0.25) is 9.78 Å². The summed E-state index contributed by atoms with van der Waals surface area (Å²) in [4.78, 5) is 17.1. The first-order valence-corrected chi connectivity index (χ1v) is 9.78. The lowest BCUT2D eigenvalue weighted by atomic mass is 10.2. The van der Waals surface area contributed by atoms with Gasteiger partial charge in [0.25, 0.3) is 0 Å². The number of nitrogens with one attached hydrogen (secondary N) is 1. The monoisotopic (exact) mass is 406 g/mol. The maximum atomic E-state index is 12.8. The number of thioether (sulfide) groups is 1. The van der Waals surface area contributed by atoms with Gasteiger partial charge in [0.15, 0.2) is 0 Å². The molecule has 0 aliphatic heterocycles. The van der Waals surface area contributed by atoms with Crippen molar-refractivity contribution in [2.75, 3.05) is 12.4 Å². The molecular formula is C20H18N6O2S. The number of hydrogen-bond acceptors (Lipinski definition) is 7. The van der Waals surface area contributed by atoms with Crippen LogP contribution in [-0.4, -0.2) is 43.5 Å². The van der Waals surface area contributed by atoms with Crippen molar-refractivity contribution in [3.63, 3.8) is 0 Å². The van der Waals surface area contributed by atoms with E-state index in [1.54, 1.807) is 18.0 Å². The number of amides is 1. The predicted molar refractivity (Wildman–Crippen MR) is 111 cm³/mol. The number of methoxy groups -OCH3 is 1. The van der Waals surface area contributed by atoms with Crippen LogP contribution in [0, 0.1) is 0 Å². The molecule has 0 bridgehead atoms. The normalized spacial score (nSPS) is 11.9. The molecule has 1 amide bonds. The molecule has 9 heteroatoms. The second kappa shape index (κ2) is 8.27. The zero-order valence-corrected chi connectivity index (χ0v) is 16.6. The molecule has 0 radical (unpaired) electrons. The first-order valence-electron chi connectivity index (χ1n) is 8.90. The number of anilines is 1. The van der Waals surface area contributed by atoms with Gasteiger partial charge in [-0.15, -0.1) is 5.10 Å². The van der Waals surface area contributed by atoms with Crippen molar-refractivity contribution in [2.24, 2.45) is 0 Å². The number of para-hydroxylation sites is 2. The average Bonchev–Trinajstić information content (AvgIpc) is 3.21. The smallest absolute Gasteiger partial charge is 0.237 e. The average molecular weight is 406 g/mol. The summed E-state index contributed by atoms with van der Waals surface area (Å²) in [5.41, 5.74) is 2.25. The Balaban J connectivity index is 1.54. The highest BCUT2D eigenvalue weighted by Crippen LogP contribution is 2.29. The highest BCUT2D eigenvalue weighted by atomic mass is 32.2. The van der Waals surface area contributed by atoms with E-state index in [1.165, 1.54) is 11.8 Å². The number of ether oxygens (including phenoxy) is 1. The minimum atomic E-state index is -0.429. The summed E-state index contributed by atoms with van der Waals surface area (Å²) in [7, 11) is 1.59. The first-order chi connectivity index (χ1) is 14.2. The maximum Gasteiger partial charge on any atom is 0.237 e. The highest BCUT2D eigenvalue weighted by molar-refractivity contribution is 8.00. The zero-order valence-electron chi connectivity index (χ0n) is 15.8. The van der Waals surface area contributed by atoms with Crippen LogP contribution in [0.4, 0.5) is 5.69 Å². The molecule has 0 aliphatic rings. The van der Waals surface area contributed by atoms with Gasteiger partial charge in [0, 0.05) is 11.6 Å². The van der Waals surface area contributed by atoms with Gasteiger partial charge in [-0.1, -0.05) is 30.0 Å². The summed E-state index contributed by atoms with van der Waals surface area (Å²) in [5.74, 6) is 0.489. The van der Waals surface area contributed by atoms with Crippen molar-refractivity contribution in [1.29, 1.82) is 0 Å². The fraction of sp³-hybridized carbons (Fsp3) is 0.150. The Bertz CT molecular complexity index is 1160. The number of rotatable bonds is 6. The molecule has 146 valence electrons. The highest BCUT2D eigenvalue weighted by Gasteiger charge is 2.21. The third-order valence-electron chi connectivity index (χ3n) is 4.31. The van der Waals surface area contributed by atoms with Crippen molar-refractivity contribution >= 4 is 34.3 Å². The molecule has 1 N–H and O–H groups in total. The SMILES string of the molecule is COc1ccccc1-n1nnnc1SC(C)C(=O)Nc1cccc2ncccc12. The largest absolute Gasteiger partial charge is 0.494 e. The van der Waals surface area contributed by atoms with Crippen LogP contribution in [0.1, 0.15) is 6.92 Å². The van der Waals surface area contributed by atoms with Gasteiger partial charge in [0.2, 0.25) is 11.1 Å². The van der Waals surface area contributed by atoms with E-state index in [4.69, 9.17) is 4.74 Å². The molecule has 2 aromatic heterocycles. The molecule has 4 rings (SSSR count). The number of pyridine rings is 1. The summed E-state index contributed by atoms with van der Waals surface area (Å²) < 4.78 is 6.95. The van der Waals surface area contributed by atoms with E-state index in [0.29, 0.717) is 16.6 Å². The van der Waals surface area contributed by atoms with Gasteiger partial charge in [0.1, 0.15) is 11.4 Å². The number of hydrogen-bond donors (Lipinski definition) is 1. The molecule has 29 heavy (non-hydrogen) atoms. The number of carbonyl (C=O) groups is 1. The molecule has 0 saturated heterocycles. The van der Waals surface area contributed by atoms with E-state index >= 15 is 0 Å². The topological polar surface area (TPSA) is 94.8 Å². The molecule has 2 heterocycles. The number of benzene rings is 2. The predicted octanol–water partition coefficient (Wildman–Crippen LogP) is 3.34. The lowest BCUT2D eigenvalue weighted by Gasteiger charge is -2.14. The summed E-state index contributed by atoms with van der Waals surface area (Å²) in [5, 5.41) is 15.8.